The second-order valence-electron chi connectivity index (χ2n) is 13.2. The van der Waals surface area contributed by atoms with Gasteiger partial charge in [-0.15, -0.1) is 0 Å². The second-order valence-corrected chi connectivity index (χ2v) is 13.2. The SMILES string of the molecule is CCC(C)OC(=O)COC(=O)CC[C@@H](C)[C@H]1CC[C@H]2[C@@H]3CC[C@@H]4C[C@H](O)CC[C@]4(C)[C@H]3CC[C@]12C. The number of hydrogen-bond acceptors (Lipinski definition) is 5. The van der Waals surface area contributed by atoms with Crippen LogP contribution in [0.4, 0.5) is 0 Å². The van der Waals surface area contributed by atoms with Gasteiger partial charge in [-0.3, -0.25) is 4.79 Å². The van der Waals surface area contributed by atoms with E-state index in [9.17, 15) is 14.7 Å². The van der Waals surface area contributed by atoms with Gasteiger partial charge in [0.1, 0.15) is 0 Å². The number of ether oxygens (including phenoxy) is 2. The van der Waals surface area contributed by atoms with Crippen molar-refractivity contribution < 1.29 is 24.2 Å². The molecule has 1 unspecified atom stereocenters. The first-order valence-corrected chi connectivity index (χ1v) is 14.6. The van der Waals surface area contributed by atoms with Crippen LogP contribution < -0.4 is 0 Å². The van der Waals surface area contributed by atoms with Crippen LogP contribution in [0.2, 0.25) is 0 Å². The molecule has 4 aliphatic rings. The summed E-state index contributed by atoms with van der Waals surface area (Å²) in [5, 5.41) is 10.3. The molecular weight excluding hydrogens is 440 g/mol. The smallest absolute Gasteiger partial charge is 0.344 e. The molecule has 4 fully saturated rings. The summed E-state index contributed by atoms with van der Waals surface area (Å²) >= 11 is 0. The van der Waals surface area contributed by atoms with Crippen LogP contribution >= 0.6 is 0 Å². The molecule has 4 aliphatic carbocycles. The van der Waals surface area contributed by atoms with Crippen molar-refractivity contribution >= 4 is 11.9 Å². The Hall–Kier alpha value is -1.10. The molecule has 0 aromatic rings. The average Bonchev–Trinajstić information content (AvgIpc) is 3.18. The number of esters is 2. The molecule has 35 heavy (non-hydrogen) atoms. The lowest BCUT2D eigenvalue weighted by Crippen LogP contribution is -2.54. The largest absolute Gasteiger partial charge is 0.460 e. The van der Waals surface area contributed by atoms with E-state index in [1.807, 2.05) is 13.8 Å². The molecule has 0 heterocycles. The van der Waals surface area contributed by atoms with Crippen LogP contribution in [-0.4, -0.2) is 35.9 Å². The Morgan fingerprint density at radius 2 is 1.66 bits per heavy atom. The number of carbonyl (C=O) groups is 2. The summed E-state index contributed by atoms with van der Waals surface area (Å²) in [4.78, 5) is 24.1. The minimum Gasteiger partial charge on any atom is -0.460 e. The van der Waals surface area contributed by atoms with Crippen molar-refractivity contribution in [3.05, 3.63) is 0 Å². The van der Waals surface area contributed by atoms with Crippen LogP contribution in [0.3, 0.4) is 0 Å². The lowest BCUT2D eigenvalue weighted by Gasteiger charge is -2.61. The van der Waals surface area contributed by atoms with E-state index in [-0.39, 0.29) is 24.8 Å². The highest BCUT2D eigenvalue weighted by molar-refractivity contribution is 5.76. The van der Waals surface area contributed by atoms with E-state index < -0.39 is 5.97 Å². The van der Waals surface area contributed by atoms with Crippen LogP contribution in [0.1, 0.15) is 112 Å². The topological polar surface area (TPSA) is 72.8 Å². The standard InChI is InChI=1S/C30H50O5/c1-6-20(3)35-28(33)18-34-27(32)12-7-19(2)24-10-11-25-23-9-8-21-17-22(31)13-15-29(21,4)26(23)14-16-30(24,25)5/h19-26,31H,6-18H2,1-5H3/t19-,20?,21-,22-,23+,24-,25+,26+,29+,30-/m1/s1. The maximum absolute atomic E-state index is 12.3. The van der Waals surface area contributed by atoms with Crippen molar-refractivity contribution in [3.63, 3.8) is 0 Å². The van der Waals surface area contributed by atoms with Crippen LogP contribution in [0.25, 0.3) is 0 Å². The van der Waals surface area contributed by atoms with Crippen molar-refractivity contribution in [2.24, 2.45) is 46.3 Å². The molecule has 5 heteroatoms. The van der Waals surface area contributed by atoms with Gasteiger partial charge in [0, 0.05) is 6.42 Å². The van der Waals surface area contributed by atoms with Crippen LogP contribution in [-0.2, 0) is 19.1 Å². The summed E-state index contributed by atoms with van der Waals surface area (Å²) in [6, 6.07) is 0. The van der Waals surface area contributed by atoms with Crippen LogP contribution in [0.15, 0.2) is 0 Å². The highest BCUT2D eigenvalue weighted by atomic mass is 16.6. The van der Waals surface area contributed by atoms with Gasteiger partial charge < -0.3 is 14.6 Å². The molecule has 0 aromatic carbocycles. The van der Waals surface area contributed by atoms with E-state index in [0.717, 1.165) is 43.4 Å². The zero-order valence-corrected chi connectivity index (χ0v) is 22.9. The number of fused-ring (bicyclic) bond motifs is 5. The third-order valence-corrected chi connectivity index (χ3v) is 11.5. The Morgan fingerprint density at radius 1 is 0.943 bits per heavy atom. The molecule has 4 saturated carbocycles. The van der Waals surface area contributed by atoms with Crippen molar-refractivity contribution in [1.29, 1.82) is 0 Å². The van der Waals surface area contributed by atoms with Crippen molar-refractivity contribution in [3.8, 4) is 0 Å². The quantitative estimate of drug-likeness (QED) is 0.404. The Morgan fingerprint density at radius 3 is 2.40 bits per heavy atom. The van der Waals surface area contributed by atoms with Gasteiger partial charge in [0.05, 0.1) is 12.2 Å². The van der Waals surface area contributed by atoms with Gasteiger partial charge in [-0.1, -0.05) is 27.7 Å². The lowest BCUT2D eigenvalue weighted by molar-refractivity contribution is -0.162. The molecule has 200 valence electrons. The third-order valence-electron chi connectivity index (χ3n) is 11.5. The minimum atomic E-state index is -0.459. The monoisotopic (exact) mass is 490 g/mol. The number of aliphatic hydroxyl groups is 1. The van der Waals surface area contributed by atoms with Gasteiger partial charge >= 0.3 is 11.9 Å². The van der Waals surface area contributed by atoms with E-state index in [4.69, 9.17) is 9.47 Å². The normalized spacial score (nSPS) is 42.2. The highest BCUT2D eigenvalue weighted by Gasteiger charge is 2.60. The van der Waals surface area contributed by atoms with E-state index in [0.29, 0.717) is 35.0 Å². The molecule has 0 radical (unpaired) electrons. The van der Waals surface area contributed by atoms with Gasteiger partial charge in [0.2, 0.25) is 0 Å². The first-order valence-electron chi connectivity index (χ1n) is 14.6. The maximum Gasteiger partial charge on any atom is 0.344 e. The van der Waals surface area contributed by atoms with Crippen LogP contribution in [0.5, 0.6) is 0 Å². The Kier molecular flexibility index (Phi) is 8.25. The van der Waals surface area contributed by atoms with Gasteiger partial charge in [-0.25, -0.2) is 4.79 Å². The molecule has 0 aromatic heterocycles. The molecule has 0 saturated heterocycles. The van der Waals surface area contributed by atoms with Crippen LogP contribution in [0, 0.1) is 46.3 Å². The predicted octanol–water partition coefficient (Wildman–Crippen LogP) is 6.31. The summed E-state index contributed by atoms with van der Waals surface area (Å²) in [5.74, 6) is 3.58. The molecule has 1 N–H and O–H groups in total. The lowest BCUT2D eigenvalue weighted by atomic mass is 9.44. The maximum atomic E-state index is 12.3. The van der Waals surface area contributed by atoms with Crippen molar-refractivity contribution in [2.45, 2.75) is 124 Å². The molecule has 0 amide bonds. The zero-order valence-electron chi connectivity index (χ0n) is 22.9. The number of aliphatic hydroxyl groups excluding tert-OH is 1. The molecule has 0 bridgehead atoms. The summed E-state index contributed by atoms with van der Waals surface area (Å²) in [7, 11) is 0. The zero-order chi connectivity index (χ0) is 25.4. The highest BCUT2D eigenvalue weighted by Crippen LogP contribution is 2.68. The fourth-order valence-electron chi connectivity index (χ4n) is 9.31. The molecule has 0 spiro atoms. The molecule has 10 atom stereocenters. The molecule has 4 rings (SSSR count). The second kappa shape index (κ2) is 10.7. The molecule has 0 aliphatic heterocycles. The van der Waals surface area contributed by atoms with Crippen molar-refractivity contribution in [1.82, 2.24) is 0 Å². The van der Waals surface area contributed by atoms with Gasteiger partial charge in [0.15, 0.2) is 6.61 Å². The third kappa shape index (κ3) is 5.31. The average molecular weight is 491 g/mol. The number of carbonyl (C=O) groups excluding carboxylic acids is 2. The van der Waals surface area contributed by atoms with Gasteiger partial charge in [-0.2, -0.15) is 0 Å². The first-order chi connectivity index (χ1) is 16.6. The Labute approximate surface area is 213 Å². The van der Waals surface area contributed by atoms with Gasteiger partial charge in [0.25, 0.3) is 0 Å². The molecular formula is C30H50O5. The summed E-state index contributed by atoms with van der Waals surface area (Å²) in [6.07, 6.45) is 12.9. The number of hydrogen-bond donors (Lipinski definition) is 1. The molecule has 5 nitrogen and oxygen atoms in total. The minimum absolute atomic E-state index is 0.0765. The first kappa shape index (κ1) is 26.9. The van der Waals surface area contributed by atoms with E-state index in [1.165, 1.54) is 44.9 Å². The Balaban J connectivity index is 1.31. The summed E-state index contributed by atoms with van der Waals surface area (Å²) in [6.45, 7) is 11.0. The fraction of sp³-hybridized carbons (Fsp3) is 0.933. The number of rotatable bonds is 8. The van der Waals surface area contributed by atoms with E-state index in [2.05, 4.69) is 20.8 Å². The fourth-order valence-corrected chi connectivity index (χ4v) is 9.31. The summed E-state index contributed by atoms with van der Waals surface area (Å²) in [5.41, 5.74) is 0.801. The predicted molar refractivity (Wildman–Crippen MR) is 136 cm³/mol. The van der Waals surface area contributed by atoms with E-state index >= 15 is 0 Å². The summed E-state index contributed by atoms with van der Waals surface area (Å²) < 4.78 is 10.4. The van der Waals surface area contributed by atoms with Crippen molar-refractivity contribution in [2.75, 3.05) is 6.61 Å². The van der Waals surface area contributed by atoms with E-state index in [1.54, 1.807) is 0 Å². The Bertz CT molecular complexity index is 766. The van der Waals surface area contributed by atoms with Gasteiger partial charge in [-0.05, 0) is 124 Å².